The molecule has 5 nitrogen and oxygen atoms in total. The van der Waals surface area contributed by atoms with Gasteiger partial charge in [0, 0.05) is 52.7 Å². The van der Waals surface area contributed by atoms with Crippen LogP contribution in [-0.2, 0) is 4.79 Å². The molecule has 2 aliphatic heterocycles. The normalized spacial score (nSPS) is 22.9. The van der Waals surface area contributed by atoms with Crippen molar-refractivity contribution in [1.82, 2.24) is 15.1 Å². The molecule has 2 aliphatic rings. The molecular formula is C15H31N4O+. The van der Waals surface area contributed by atoms with Gasteiger partial charge >= 0.3 is 0 Å². The number of hydrogen-bond acceptors (Lipinski definition) is 3. The second-order valence-corrected chi connectivity index (χ2v) is 6.33. The van der Waals surface area contributed by atoms with Crippen molar-refractivity contribution in [3.8, 4) is 0 Å². The predicted octanol–water partition coefficient (Wildman–Crippen LogP) is -0.0195. The van der Waals surface area contributed by atoms with E-state index in [1.54, 1.807) is 6.92 Å². The third kappa shape index (κ3) is 4.17. The van der Waals surface area contributed by atoms with Crippen LogP contribution in [0.15, 0.2) is 0 Å². The van der Waals surface area contributed by atoms with E-state index < -0.39 is 0 Å². The summed E-state index contributed by atoms with van der Waals surface area (Å²) in [5, 5.41) is 3.46. The summed E-state index contributed by atoms with van der Waals surface area (Å²) in [4.78, 5) is 16.1. The number of carbonyl (C=O) groups is 1. The second kappa shape index (κ2) is 7.38. The monoisotopic (exact) mass is 283 g/mol. The van der Waals surface area contributed by atoms with E-state index in [4.69, 9.17) is 0 Å². The SMILES string of the molecule is CCCN(CCN1CC[N+]2(CCNCC2)CC1)C(C)=O. The minimum Gasteiger partial charge on any atom is -0.342 e. The van der Waals surface area contributed by atoms with Gasteiger partial charge < -0.3 is 14.7 Å². The first-order valence-electron chi connectivity index (χ1n) is 8.19. The van der Waals surface area contributed by atoms with E-state index in [0.29, 0.717) is 0 Å². The highest BCUT2D eigenvalue weighted by Crippen LogP contribution is 2.14. The molecule has 20 heavy (non-hydrogen) atoms. The maximum absolute atomic E-state index is 11.5. The van der Waals surface area contributed by atoms with Crippen LogP contribution in [0.25, 0.3) is 0 Å². The highest BCUT2D eigenvalue weighted by atomic mass is 16.2. The largest absolute Gasteiger partial charge is 0.342 e. The van der Waals surface area contributed by atoms with Gasteiger partial charge in [-0.3, -0.25) is 9.69 Å². The van der Waals surface area contributed by atoms with Crippen LogP contribution in [0.2, 0.25) is 0 Å². The van der Waals surface area contributed by atoms with Crippen molar-refractivity contribution < 1.29 is 9.28 Å². The van der Waals surface area contributed by atoms with E-state index >= 15 is 0 Å². The summed E-state index contributed by atoms with van der Waals surface area (Å²) in [6, 6.07) is 0. The van der Waals surface area contributed by atoms with Crippen LogP contribution in [0.5, 0.6) is 0 Å². The first-order valence-corrected chi connectivity index (χ1v) is 8.19. The molecule has 1 amide bonds. The zero-order valence-corrected chi connectivity index (χ0v) is 13.2. The average Bonchev–Trinajstić information content (AvgIpc) is 2.46. The lowest BCUT2D eigenvalue weighted by molar-refractivity contribution is -0.933. The molecule has 0 atom stereocenters. The van der Waals surface area contributed by atoms with Crippen LogP contribution in [0.1, 0.15) is 20.3 Å². The molecule has 5 heteroatoms. The van der Waals surface area contributed by atoms with Crippen LogP contribution in [0.4, 0.5) is 0 Å². The van der Waals surface area contributed by atoms with Crippen molar-refractivity contribution in [2.24, 2.45) is 0 Å². The average molecular weight is 283 g/mol. The number of nitrogens with one attached hydrogen (secondary N) is 1. The molecule has 2 rings (SSSR count). The lowest BCUT2D eigenvalue weighted by Crippen LogP contribution is -2.65. The third-order valence-corrected chi connectivity index (χ3v) is 4.93. The van der Waals surface area contributed by atoms with E-state index in [1.165, 1.54) is 56.8 Å². The van der Waals surface area contributed by atoms with Gasteiger partial charge in [-0.15, -0.1) is 0 Å². The number of piperazine rings is 2. The Labute approximate surface area is 123 Å². The number of quaternary nitrogens is 1. The van der Waals surface area contributed by atoms with E-state index in [-0.39, 0.29) is 5.91 Å². The maximum Gasteiger partial charge on any atom is 0.219 e. The smallest absolute Gasteiger partial charge is 0.219 e. The molecular weight excluding hydrogens is 252 g/mol. The van der Waals surface area contributed by atoms with Crippen molar-refractivity contribution in [3.05, 3.63) is 0 Å². The molecule has 2 heterocycles. The molecule has 0 aromatic rings. The highest BCUT2D eigenvalue weighted by Gasteiger charge is 2.33. The lowest BCUT2D eigenvalue weighted by Gasteiger charge is -2.47. The number of hydrogen-bond donors (Lipinski definition) is 1. The summed E-state index contributed by atoms with van der Waals surface area (Å²) >= 11 is 0. The summed E-state index contributed by atoms with van der Waals surface area (Å²) in [5.74, 6) is 0.217. The Morgan fingerprint density at radius 3 is 2.35 bits per heavy atom. The summed E-state index contributed by atoms with van der Waals surface area (Å²) < 4.78 is 1.31. The van der Waals surface area contributed by atoms with Crippen LogP contribution < -0.4 is 5.32 Å². The van der Waals surface area contributed by atoms with Crippen molar-refractivity contribution in [2.45, 2.75) is 20.3 Å². The van der Waals surface area contributed by atoms with Crippen LogP contribution in [0, 0.1) is 0 Å². The standard InChI is InChI=1S/C15H31N4O/c1-3-6-18(15(2)20)8-7-17-9-13-19(14-10-17)11-4-16-5-12-19/h16H,3-14H2,1-2H3/q+1. The minimum absolute atomic E-state index is 0.217. The van der Waals surface area contributed by atoms with Crippen LogP contribution in [-0.4, -0.2) is 92.2 Å². The minimum atomic E-state index is 0.217. The Hall–Kier alpha value is -0.650. The lowest BCUT2D eigenvalue weighted by atomic mass is 10.2. The molecule has 2 fully saturated rings. The van der Waals surface area contributed by atoms with E-state index in [1.807, 2.05) is 4.90 Å². The fourth-order valence-electron chi connectivity index (χ4n) is 3.43. The number of rotatable bonds is 5. The first-order chi connectivity index (χ1) is 9.65. The summed E-state index contributed by atoms with van der Waals surface area (Å²) in [7, 11) is 0. The third-order valence-electron chi connectivity index (χ3n) is 4.93. The maximum atomic E-state index is 11.5. The Morgan fingerprint density at radius 1 is 1.15 bits per heavy atom. The fourth-order valence-corrected chi connectivity index (χ4v) is 3.43. The van der Waals surface area contributed by atoms with Crippen molar-refractivity contribution in [3.63, 3.8) is 0 Å². The topological polar surface area (TPSA) is 35.6 Å². The highest BCUT2D eigenvalue weighted by molar-refractivity contribution is 5.73. The van der Waals surface area contributed by atoms with Crippen molar-refractivity contribution in [2.75, 3.05) is 72.0 Å². The predicted molar refractivity (Wildman–Crippen MR) is 81.6 cm³/mol. The molecule has 0 bridgehead atoms. The number of amides is 1. The molecule has 0 aromatic carbocycles. The van der Waals surface area contributed by atoms with Gasteiger partial charge in [-0.25, -0.2) is 0 Å². The number of nitrogens with zero attached hydrogens (tertiary/aromatic N) is 3. The van der Waals surface area contributed by atoms with Crippen molar-refractivity contribution >= 4 is 5.91 Å². The molecule has 0 aromatic heterocycles. The Morgan fingerprint density at radius 2 is 1.80 bits per heavy atom. The van der Waals surface area contributed by atoms with Crippen LogP contribution in [0.3, 0.4) is 0 Å². The fraction of sp³-hybridized carbons (Fsp3) is 0.933. The molecule has 1 spiro atoms. The summed E-state index contributed by atoms with van der Waals surface area (Å²) in [6.07, 6.45) is 1.05. The van der Waals surface area contributed by atoms with E-state index in [9.17, 15) is 4.79 Å². The van der Waals surface area contributed by atoms with Gasteiger partial charge in [-0.2, -0.15) is 0 Å². The Bertz CT molecular complexity index is 305. The zero-order valence-electron chi connectivity index (χ0n) is 13.2. The van der Waals surface area contributed by atoms with E-state index in [2.05, 4.69) is 17.1 Å². The second-order valence-electron chi connectivity index (χ2n) is 6.33. The van der Waals surface area contributed by atoms with Gasteiger partial charge in [-0.1, -0.05) is 6.92 Å². The summed E-state index contributed by atoms with van der Waals surface area (Å²) in [5.41, 5.74) is 0. The van der Waals surface area contributed by atoms with Gasteiger partial charge in [0.2, 0.25) is 5.91 Å². The van der Waals surface area contributed by atoms with Crippen LogP contribution >= 0.6 is 0 Å². The Balaban J connectivity index is 1.72. The molecule has 0 unspecified atom stereocenters. The zero-order chi connectivity index (χ0) is 14.4. The first kappa shape index (κ1) is 15.7. The molecule has 0 aliphatic carbocycles. The van der Waals surface area contributed by atoms with Crippen molar-refractivity contribution in [1.29, 1.82) is 0 Å². The molecule has 2 saturated heterocycles. The molecule has 0 radical (unpaired) electrons. The Kier molecular flexibility index (Phi) is 5.81. The van der Waals surface area contributed by atoms with E-state index in [0.717, 1.165) is 26.1 Å². The quantitative estimate of drug-likeness (QED) is 0.721. The van der Waals surface area contributed by atoms with Gasteiger partial charge in [0.25, 0.3) is 0 Å². The number of carbonyl (C=O) groups excluding carboxylic acids is 1. The summed E-state index contributed by atoms with van der Waals surface area (Å²) in [6.45, 7) is 16.6. The van der Waals surface area contributed by atoms with Gasteiger partial charge in [0.1, 0.15) is 0 Å². The van der Waals surface area contributed by atoms with Gasteiger partial charge in [0.15, 0.2) is 0 Å². The van der Waals surface area contributed by atoms with Gasteiger partial charge in [-0.05, 0) is 6.42 Å². The van der Waals surface area contributed by atoms with Gasteiger partial charge in [0.05, 0.1) is 26.2 Å². The molecule has 1 N–H and O–H groups in total. The molecule has 116 valence electrons. The molecule has 0 saturated carbocycles.